The zero-order valence-corrected chi connectivity index (χ0v) is 11.7. The number of hydrogen-bond donors (Lipinski definition) is 3. The zero-order chi connectivity index (χ0) is 14.5. The van der Waals surface area contributed by atoms with Crippen LogP contribution >= 0.6 is 0 Å². The smallest absolute Gasteiger partial charge is 0.217 e. The van der Waals surface area contributed by atoms with E-state index in [9.17, 15) is 13.2 Å². The van der Waals surface area contributed by atoms with Crippen molar-refractivity contribution in [1.29, 1.82) is 0 Å². The first kappa shape index (κ1) is 15.3. The SMILES string of the molecule is CS(=O)(=O)c1cccc(NCCCCC(N)=O)c1N. The van der Waals surface area contributed by atoms with Gasteiger partial charge in [-0.15, -0.1) is 0 Å². The molecule has 1 aromatic carbocycles. The Morgan fingerprint density at radius 2 is 2.00 bits per heavy atom. The third kappa shape index (κ3) is 4.78. The van der Waals surface area contributed by atoms with Crippen molar-refractivity contribution in [2.75, 3.05) is 23.9 Å². The van der Waals surface area contributed by atoms with E-state index in [0.29, 0.717) is 25.1 Å². The molecule has 0 aromatic heterocycles. The summed E-state index contributed by atoms with van der Waals surface area (Å²) in [6, 6.07) is 4.83. The van der Waals surface area contributed by atoms with Crippen LogP contribution in [-0.2, 0) is 14.6 Å². The lowest BCUT2D eigenvalue weighted by molar-refractivity contribution is -0.118. The Bertz CT molecular complexity index is 555. The third-order valence-electron chi connectivity index (χ3n) is 2.63. The van der Waals surface area contributed by atoms with Crippen LogP contribution in [0, 0.1) is 0 Å². The zero-order valence-electron chi connectivity index (χ0n) is 10.8. The van der Waals surface area contributed by atoms with Crippen LogP contribution in [0.15, 0.2) is 23.1 Å². The number of rotatable bonds is 7. The lowest BCUT2D eigenvalue weighted by atomic mass is 10.2. The van der Waals surface area contributed by atoms with Crippen molar-refractivity contribution in [3.05, 3.63) is 18.2 Å². The fraction of sp³-hybridized carbons (Fsp3) is 0.417. The molecule has 0 aliphatic rings. The Morgan fingerprint density at radius 3 is 2.58 bits per heavy atom. The van der Waals surface area contributed by atoms with Crippen LogP contribution in [0.5, 0.6) is 0 Å². The molecule has 0 saturated carbocycles. The Kier molecular flexibility index (Phi) is 5.17. The molecular weight excluding hydrogens is 266 g/mol. The topological polar surface area (TPSA) is 115 Å². The molecule has 1 rings (SSSR count). The van der Waals surface area contributed by atoms with Gasteiger partial charge < -0.3 is 16.8 Å². The number of carbonyl (C=O) groups is 1. The van der Waals surface area contributed by atoms with Gasteiger partial charge in [-0.05, 0) is 25.0 Å². The van der Waals surface area contributed by atoms with E-state index >= 15 is 0 Å². The number of hydrogen-bond acceptors (Lipinski definition) is 5. The van der Waals surface area contributed by atoms with Gasteiger partial charge in [-0.2, -0.15) is 0 Å². The molecule has 5 N–H and O–H groups in total. The Balaban J connectivity index is 2.63. The van der Waals surface area contributed by atoms with Crippen molar-refractivity contribution < 1.29 is 13.2 Å². The molecule has 106 valence electrons. The van der Waals surface area contributed by atoms with Crippen molar-refractivity contribution in [2.24, 2.45) is 5.73 Å². The molecule has 0 bridgehead atoms. The molecule has 0 saturated heterocycles. The van der Waals surface area contributed by atoms with Gasteiger partial charge in [-0.3, -0.25) is 4.79 Å². The van der Waals surface area contributed by atoms with E-state index in [1.807, 2.05) is 0 Å². The summed E-state index contributed by atoms with van der Waals surface area (Å²) >= 11 is 0. The summed E-state index contributed by atoms with van der Waals surface area (Å²) in [6.45, 7) is 0.602. The summed E-state index contributed by atoms with van der Waals surface area (Å²) in [5.74, 6) is -0.321. The summed E-state index contributed by atoms with van der Waals surface area (Å²) in [6.07, 6.45) is 2.91. The largest absolute Gasteiger partial charge is 0.396 e. The summed E-state index contributed by atoms with van der Waals surface area (Å²) in [7, 11) is -3.33. The van der Waals surface area contributed by atoms with E-state index in [-0.39, 0.29) is 16.5 Å². The molecule has 0 unspecified atom stereocenters. The monoisotopic (exact) mass is 285 g/mol. The number of nitrogens with one attached hydrogen (secondary N) is 1. The van der Waals surface area contributed by atoms with Crippen LogP contribution in [-0.4, -0.2) is 27.1 Å². The molecular formula is C12H19N3O3S. The number of nitrogens with two attached hydrogens (primary N) is 2. The minimum absolute atomic E-state index is 0.120. The van der Waals surface area contributed by atoms with Gasteiger partial charge in [-0.1, -0.05) is 6.07 Å². The number of anilines is 2. The lowest BCUT2D eigenvalue weighted by Crippen LogP contribution is -2.11. The highest BCUT2D eigenvalue weighted by Crippen LogP contribution is 2.26. The Hall–Kier alpha value is -1.76. The standard InChI is InChI=1S/C12H19N3O3S/c1-19(17,18)10-6-4-5-9(12(10)14)15-8-3-2-7-11(13)16/h4-6,15H,2-3,7-8,14H2,1H3,(H2,13,16). The minimum atomic E-state index is -3.33. The van der Waals surface area contributed by atoms with Gasteiger partial charge in [0.15, 0.2) is 9.84 Å². The molecule has 0 heterocycles. The van der Waals surface area contributed by atoms with E-state index in [1.54, 1.807) is 12.1 Å². The van der Waals surface area contributed by atoms with E-state index < -0.39 is 9.84 Å². The van der Waals surface area contributed by atoms with Gasteiger partial charge in [0.1, 0.15) is 0 Å². The second-order valence-electron chi connectivity index (χ2n) is 4.34. The average molecular weight is 285 g/mol. The summed E-state index contributed by atoms with van der Waals surface area (Å²) in [5, 5.41) is 3.06. The van der Waals surface area contributed by atoms with E-state index in [1.165, 1.54) is 6.07 Å². The minimum Gasteiger partial charge on any atom is -0.396 e. The number of nitrogen functional groups attached to an aromatic ring is 1. The molecule has 0 radical (unpaired) electrons. The number of carbonyl (C=O) groups excluding carboxylic acids is 1. The van der Waals surface area contributed by atoms with Crippen LogP contribution in [0.4, 0.5) is 11.4 Å². The molecule has 19 heavy (non-hydrogen) atoms. The maximum Gasteiger partial charge on any atom is 0.217 e. The lowest BCUT2D eigenvalue weighted by Gasteiger charge is -2.11. The van der Waals surface area contributed by atoms with E-state index in [2.05, 4.69) is 5.32 Å². The maximum atomic E-state index is 11.5. The van der Waals surface area contributed by atoms with Crippen LogP contribution in [0.2, 0.25) is 0 Å². The molecule has 0 fully saturated rings. The fourth-order valence-corrected chi connectivity index (χ4v) is 2.50. The van der Waals surface area contributed by atoms with Crippen molar-refractivity contribution >= 4 is 27.1 Å². The number of benzene rings is 1. The first-order chi connectivity index (χ1) is 8.82. The van der Waals surface area contributed by atoms with E-state index in [0.717, 1.165) is 12.7 Å². The molecule has 0 spiro atoms. The summed E-state index contributed by atoms with van der Waals surface area (Å²) < 4.78 is 23.0. The van der Waals surface area contributed by atoms with Gasteiger partial charge in [0.25, 0.3) is 0 Å². The Labute approximate surface area is 113 Å². The van der Waals surface area contributed by atoms with Crippen molar-refractivity contribution in [3.63, 3.8) is 0 Å². The molecule has 0 atom stereocenters. The highest BCUT2D eigenvalue weighted by Gasteiger charge is 2.13. The van der Waals surface area contributed by atoms with Gasteiger partial charge in [0.2, 0.25) is 5.91 Å². The van der Waals surface area contributed by atoms with Crippen molar-refractivity contribution in [2.45, 2.75) is 24.2 Å². The van der Waals surface area contributed by atoms with Crippen LogP contribution in [0.1, 0.15) is 19.3 Å². The number of para-hydroxylation sites is 1. The van der Waals surface area contributed by atoms with Gasteiger partial charge >= 0.3 is 0 Å². The van der Waals surface area contributed by atoms with Crippen molar-refractivity contribution in [1.82, 2.24) is 0 Å². The van der Waals surface area contributed by atoms with Crippen molar-refractivity contribution in [3.8, 4) is 0 Å². The summed E-state index contributed by atoms with van der Waals surface area (Å²) in [5.41, 5.74) is 11.7. The predicted molar refractivity (Wildman–Crippen MR) is 75.5 cm³/mol. The second kappa shape index (κ2) is 6.42. The molecule has 0 aliphatic carbocycles. The molecule has 7 heteroatoms. The third-order valence-corrected chi connectivity index (χ3v) is 3.79. The fourth-order valence-electron chi connectivity index (χ4n) is 1.67. The quantitative estimate of drug-likeness (QED) is 0.505. The van der Waals surface area contributed by atoms with Gasteiger partial charge in [0, 0.05) is 19.2 Å². The average Bonchev–Trinajstić information content (AvgIpc) is 2.28. The van der Waals surface area contributed by atoms with Gasteiger partial charge in [-0.25, -0.2) is 8.42 Å². The highest BCUT2D eigenvalue weighted by molar-refractivity contribution is 7.90. The second-order valence-corrected chi connectivity index (χ2v) is 6.32. The first-order valence-electron chi connectivity index (χ1n) is 5.93. The van der Waals surface area contributed by atoms with Crippen LogP contribution in [0.25, 0.3) is 0 Å². The molecule has 1 amide bonds. The van der Waals surface area contributed by atoms with Gasteiger partial charge in [0.05, 0.1) is 16.3 Å². The number of amides is 1. The Morgan fingerprint density at radius 1 is 1.32 bits per heavy atom. The van der Waals surface area contributed by atoms with Crippen LogP contribution in [0.3, 0.4) is 0 Å². The predicted octanol–water partition coefficient (Wildman–Crippen LogP) is 0.740. The molecule has 1 aromatic rings. The number of unbranched alkanes of at least 4 members (excludes halogenated alkanes) is 1. The summed E-state index contributed by atoms with van der Waals surface area (Å²) in [4.78, 5) is 10.7. The maximum absolute atomic E-state index is 11.5. The first-order valence-corrected chi connectivity index (χ1v) is 7.82. The highest BCUT2D eigenvalue weighted by atomic mass is 32.2. The number of primary amides is 1. The van der Waals surface area contributed by atoms with E-state index in [4.69, 9.17) is 11.5 Å². The number of sulfone groups is 1. The normalized spacial score (nSPS) is 11.2. The molecule has 6 nitrogen and oxygen atoms in total. The van der Waals surface area contributed by atoms with Crippen LogP contribution < -0.4 is 16.8 Å². The molecule has 0 aliphatic heterocycles.